The minimum absolute atomic E-state index is 0.833. The standard InChI is InChI=1S/C4H7.C2H5/c1-4-2-3-4;1-2/h4H,1-3H2;1H2,2H3. The van der Waals surface area contributed by atoms with E-state index in [-0.39, 0.29) is 0 Å². The van der Waals surface area contributed by atoms with Crippen LogP contribution in [0.5, 0.6) is 0 Å². The summed E-state index contributed by atoms with van der Waals surface area (Å²) in [7, 11) is 0. The van der Waals surface area contributed by atoms with Crippen LogP contribution < -0.4 is 0 Å². The van der Waals surface area contributed by atoms with Gasteiger partial charge >= 0.3 is 0 Å². The van der Waals surface area contributed by atoms with Gasteiger partial charge in [0.25, 0.3) is 0 Å². The van der Waals surface area contributed by atoms with Crippen molar-refractivity contribution in [3.05, 3.63) is 13.8 Å². The molecule has 0 bridgehead atoms. The maximum absolute atomic E-state index is 3.75. The molecule has 1 saturated carbocycles. The van der Waals surface area contributed by atoms with Crippen LogP contribution >= 0.6 is 0 Å². The van der Waals surface area contributed by atoms with Crippen molar-refractivity contribution in [1.82, 2.24) is 0 Å². The topological polar surface area (TPSA) is 0 Å². The average Bonchev–Trinajstić information content (AvgIpc) is 2.30. The molecule has 0 heteroatoms. The van der Waals surface area contributed by atoms with Crippen molar-refractivity contribution in [3.63, 3.8) is 0 Å². The maximum atomic E-state index is 3.75. The van der Waals surface area contributed by atoms with Crippen LogP contribution in [0, 0.1) is 19.8 Å². The summed E-state index contributed by atoms with van der Waals surface area (Å²) in [6, 6.07) is 0. The molecular weight excluding hydrogens is 72.1 g/mol. The Morgan fingerprint density at radius 3 is 1.50 bits per heavy atom. The third-order valence-corrected chi connectivity index (χ3v) is 0.697. The van der Waals surface area contributed by atoms with Gasteiger partial charge in [0.05, 0.1) is 0 Å². The lowest BCUT2D eigenvalue weighted by Crippen LogP contribution is -1.43. The zero-order valence-electron chi connectivity index (χ0n) is 4.41. The van der Waals surface area contributed by atoms with E-state index in [1.54, 1.807) is 6.92 Å². The largest absolute Gasteiger partial charge is 0.0654 e. The van der Waals surface area contributed by atoms with Gasteiger partial charge in [-0.1, -0.05) is 33.6 Å². The Morgan fingerprint density at radius 1 is 1.33 bits per heavy atom. The lowest BCUT2D eigenvalue weighted by atomic mass is 10.5. The van der Waals surface area contributed by atoms with Gasteiger partial charge < -0.3 is 0 Å². The van der Waals surface area contributed by atoms with Crippen molar-refractivity contribution in [1.29, 1.82) is 0 Å². The summed E-state index contributed by atoms with van der Waals surface area (Å²) in [6.07, 6.45) is 2.75. The molecule has 1 fully saturated rings. The van der Waals surface area contributed by atoms with E-state index >= 15 is 0 Å². The van der Waals surface area contributed by atoms with Crippen molar-refractivity contribution in [2.45, 2.75) is 19.8 Å². The minimum Gasteiger partial charge on any atom is -0.0654 e. The fraction of sp³-hybridized carbons (Fsp3) is 0.667. The molecule has 2 radical (unpaired) electrons. The van der Waals surface area contributed by atoms with E-state index in [1.165, 1.54) is 12.8 Å². The van der Waals surface area contributed by atoms with Gasteiger partial charge in [-0.15, -0.1) is 0 Å². The Labute approximate surface area is 40.6 Å². The van der Waals surface area contributed by atoms with Crippen LogP contribution in [0.15, 0.2) is 0 Å². The zero-order chi connectivity index (χ0) is 4.99. The fourth-order valence-corrected chi connectivity index (χ4v) is 0.118. The molecule has 0 atom stereocenters. The third-order valence-electron chi connectivity index (χ3n) is 0.697. The van der Waals surface area contributed by atoms with Gasteiger partial charge in [0.2, 0.25) is 0 Å². The van der Waals surface area contributed by atoms with Crippen LogP contribution in [0.3, 0.4) is 0 Å². The van der Waals surface area contributed by atoms with Crippen LogP contribution in [-0.4, -0.2) is 0 Å². The minimum atomic E-state index is 0.833. The smallest absolute Gasteiger partial charge is 0.0414 e. The van der Waals surface area contributed by atoms with E-state index < -0.39 is 0 Å². The van der Waals surface area contributed by atoms with E-state index in [0.717, 1.165) is 5.92 Å². The predicted octanol–water partition coefficient (Wildman–Crippen LogP) is 2.07. The summed E-state index contributed by atoms with van der Waals surface area (Å²) in [5, 5.41) is 0. The molecule has 0 aromatic rings. The summed E-state index contributed by atoms with van der Waals surface area (Å²) < 4.78 is 0. The van der Waals surface area contributed by atoms with Gasteiger partial charge in [-0.3, -0.25) is 0 Å². The second kappa shape index (κ2) is 3.20. The molecule has 36 valence electrons. The van der Waals surface area contributed by atoms with Crippen LogP contribution in [0.1, 0.15) is 19.8 Å². The summed E-state index contributed by atoms with van der Waals surface area (Å²) in [5.41, 5.74) is 0. The average molecular weight is 84.2 g/mol. The molecule has 0 spiro atoms. The molecule has 0 aliphatic heterocycles. The molecule has 0 heterocycles. The third kappa shape index (κ3) is 4.00. The molecule has 0 saturated heterocycles. The van der Waals surface area contributed by atoms with Crippen molar-refractivity contribution in [3.8, 4) is 0 Å². The summed E-state index contributed by atoms with van der Waals surface area (Å²) in [6.45, 7) is 8.75. The highest BCUT2D eigenvalue weighted by molar-refractivity contribution is 4.73. The first-order chi connectivity index (χ1) is 2.89. The molecule has 1 rings (SSSR count). The van der Waals surface area contributed by atoms with Crippen molar-refractivity contribution in [2.75, 3.05) is 0 Å². The molecule has 1 aliphatic carbocycles. The van der Waals surface area contributed by atoms with Gasteiger partial charge in [-0.2, -0.15) is 0 Å². The van der Waals surface area contributed by atoms with Crippen LogP contribution in [0.2, 0.25) is 0 Å². The van der Waals surface area contributed by atoms with Crippen molar-refractivity contribution >= 4 is 0 Å². The number of rotatable bonds is 0. The second-order valence-electron chi connectivity index (χ2n) is 1.44. The van der Waals surface area contributed by atoms with Crippen molar-refractivity contribution in [2.24, 2.45) is 5.92 Å². The SMILES string of the molecule is [CH2]C.[CH2]C1CC1. The quantitative estimate of drug-likeness (QED) is 0.421. The first kappa shape index (κ1) is 6.00. The normalized spacial score (nSPS) is 18.5. The van der Waals surface area contributed by atoms with Gasteiger partial charge in [0.15, 0.2) is 0 Å². The molecule has 1 aliphatic rings. The van der Waals surface area contributed by atoms with Crippen molar-refractivity contribution < 1.29 is 0 Å². The molecule has 0 nitrogen and oxygen atoms in total. The molecule has 0 aromatic heterocycles. The molecule has 0 aromatic carbocycles. The summed E-state index contributed by atoms with van der Waals surface area (Å²) >= 11 is 0. The van der Waals surface area contributed by atoms with Gasteiger partial charge in [-0.25, -0.2) is 0 Å². The molecule has 6 heavy (non-hydrogen) atoms. The highest BCUT2D eigenvalue weighted by Gasteiger charge is 2.12. The molecule has 0 amide bonds. The van der Waals surface area contributed by atoms with E-state index in [1.807, 2.05) is 0 Å². The molecular formula is C6H12. The Balaban J connectivity index is 0.000000112. The van der Waals surface area contributed by atoms with E-state index in [4.69, 9.17) is 0 Å². The lowest BCUT2D eigenvalue weighted by molar-refractivity contribution is 1.12. The maximum Gasteiger partial charge on any atom is -0.0414 e. The highest BCUT2D eigenvalue weighted by Crippen LogP contribution is 2.26. The lowest BCUT2D eigenvalue weighted by Gasteiger charge is -1.53. The first-order valence-corrected chi connectivity index (χ1v) is 2.43. The predicted molar refractivity (Wildman–Crippen MR) is 29.1 cm³/mol. The van der Waals surface area contributed by atoms with Gasteiger partial charge in [-0.05, 0) is 5.92 Å². The number of hydrogen-bond acceptors (Lipinski definition) is 0. The highest BCUT2D eigenvalue weighted by atomic mass is 14.2. The Kier molecular flexibility index (Phi) is 3.20. The van der Waals surface area contributed by atoms with E-state index in [9.17, 15) is 0 Å². The van der Waals surface area contributed by atoms with Crippen LogP contribution in [0.25, 0.3) is 0 Å². The van der Waals surface area contributed by atoms with Crippen LogP contribution in [-0.2, 0) is 0 Å². The molecule has 0 N–H and O–H groups in total. The van der Waals surface area contributed by atoms with Crippen LogP contribution in [0.4, 0.5) is 0 Å². The van der Waals surface area contributed by atoms with E-state index in [2.05, 4.69) is 13.8 Å². The fourth-order valence-electron chi connectivity index (χ4n) is 0.118. The van der Waals surface area contributed by atoms with Gasteiger partial charge in [0.1, 0.15) is 0 Å². The summed E-state index contributed by atoms with van der Waals surface area (Å²) in [5.74, 6) is 0.833. The second-order valence-corrected chi connectivity index (χ2v) is 1.44. The Bertz CT molecular complexity index is 19.2. The number of hydrogen-bond donors (Lipinski definition) is 0. The molecule has 0 unspecified atom stereocenters. The van der Waals surface area contributed by atoms with E-state index in [0.29, 0.717) is 0 Å². The Morgan fingerprint density at radius 2 is 1.50 bits per heavy atom. The van der Waals surface area contributed by atoms with Gasteiger partial charge in [0, 0.05) is 0 Å². The first-order valence-electron chi connectivity index (χ1n) is 2.43. The Hall–Kier alpha value is 0. The monoisotopic (exact) mass is 84.1 g/mol. The summed E-state index contributed by atoms with van der Waals surface area (Å²) in [4.78, 5) is 0. The zero-order valence-corrected chi connectivity index (χ0v) is 4.41.